The first-order valence-corrected chi connectivity index (χ1v) is 7.19. The summed E-state index contributed by atoms with van der Waals surface area (Å²) in [5.41, 5.74) is 3.48. The molecule has 2 aromatic carbocycles. The molecule has 1 aliphatic rings. The van der Waals surface area contributed by atoms with Crippen LogP contribution in [0.1, 0.15) is 22.6 Å². The molecule has 22 heavy (non-hydrogen) atoms. The van der Waals surface area contributed by atoms with Crippen LogP contribution in [0.25, 0.3) is 0 Å². The Bertz CT molecular complexity index is 694. The highest BCUT2D eigenvalue weighted by atomic mass is 16.5. The van der Waals surface area contributed by atoms with Crippen molar-refractivity contribution in [2.45, 2.75) is 12.3 Å². The van der Waals surface area contributed by atoms with E-state index in [9.17, 15) is 0 Å². The van der Waals surface area contributed by atoms with Crippen molar-refractivity contribution >= 4 is 0 Å². The average Bonchev–Trinajstić information content (AvgIpc) is 2.83. The van der Waals surface area contributed by atoms with Gasteiger partial charge in [0, 0.05) is 11.5 Å². The Morgan fingerprint density at radius 1 is 0.773 bits per heavy atom. The zero-order valence-corrected chi connectivity index (χ0v) is 13.3. The van der Waals surface area contributed by atoms with Gasteiger partial charge in [0.15, 0.2) is 11.5 Å². The molecule has 2 bridgehead atoms. The number of benzene rings is 2. The predicted molar refractivity (Wildman–Crippen MR) is 84.6 cm³/mol. The molecule has 1 atom stereocenters. The topological polar surface area (TPSA) is 36.9 Å². The molecular formula is C18H20O4. The Kier molecular flexibility index (Phi) is 3.84. The minimum atomic E-state index is 0.203. The number of methoxy groups -OCH3 is 4. The first kappa shape index (κ1) is 14.6. The summed E-state index contributed by atoms with van der Waals surface area (Å²) in [5.74, 6) is 3.46. The standard InChI is InChI=1S/C18H20O4/c1-19-14-7-5-11(10-16(14)21-3)13-9-12-6-8-15(20-2)17(13)18(12)22-4/h5-8,10,13H,9H2,1-4H3. The van der Waals surface area contributed by atoms with Gasteiger partial charge in [-0.25, -0.2) is 0 Å². The lowest BCUT2D eigenvalue weighted by molar-refractivity contribution is 0.354. The molecule has 0 spiro atoms. The maximum atomic E-state index is 5.60. The predicted octanol–water partition coefficient (Wildman–Crippen LogP) is 3.41. The van der Waals surface area contributed by atoms with Crippen LogP contribution in [-0.4, -0.2) is 28.4 Å². The highest BCUT2D eigenvalue weighted by Gasteiger charge is 2.32. The first-order valence-electron chi connectivity index (χ1n) is 7.19. The molecule has 4 heteroatoms. The van der Waals surface area contributed by atoms with E-state index in [1.54, 1.807) is 28.4 Å². The highest BCUT2D eigenvalue weighted by molar-refractivity contribution is 5.61. The fourth-order valence-corrected chi connectivity index (χ4v) is 3.21. The van der Waals surface area contributed by atoms with Crippen molar-refractivity contribution in [3.05, 3.63) is 47.0 Å². The lowest BCUT2D eigenvalue weighted by atomic mass is 9.93. The molecule has 0 amide bonds. The molecule has 4 nitrogen and oxygen atoms in total. The van der Waals surface area contributed by atoms with Gasteiger partial charge >= 0.3 is 0 Å². The third-order valence-electron chi connectivity index (χ3n) is 4.24. The summed E-state index contributed by atoms with van der Waals surface area (Å²) in [6.07, 6.45) is 0.900. The number of fused-ring (bicyclic) bond motifs is 2. The van der Waals surface area contributed by atoms with E-state index in [4.69, 9.17) is 18.9 Å². The Morgan fingerprint density at radius 2 is 1.45 bits per heavy atom. The van der Waals surface area contributed by atoms with Crippen LogP contribution in [0.2, 0.25) is 0 Å². The van der Waals surface area contributed by atoms with Crippen molar-refractivity contribution in [3.8, 4) is 23.0 Å². The highest BCUT2D eigenvalue weighted by Crippen LogP contribution is 2.49. The van der Waals surface area contributed by atoms with Crippen molar-refractivity contribution in [1.29, 1.82) is 0 Å². The Morgan fingerprint density at radius 3 is 2.09 bits per heavy atom. The first-order chi connectivity index (χ1) is 10.7. The van der Waals surface area contributed by atoms with Crippen molar-refractivity contribution in [1.82, 2.24) is 0 Å². The van der Waals surface area contributed by atoms with Gasteiger partial charge in [0.2, 0.25) is 0 Å². The summed E-state index contributed by atoms with van der Waals surface area (Å²) in [4.78, 5) is 0. The maximum Gasteiger partial charge on any atom is 0.161 e. The smallest absolute Gasteiger partial charge is 0.161 e. The normalized spacial score (nSPS) is 15.5. The summed E-state index contributed by atoms with van der Waals surface area (Å²) in [6.45, 7) is 0. The molecule has 0 fully saturated rings. The van der Waals surface area contributed by atoms with E-state index in [0.717, 1.165) is 40.5 Å². The fourth-order valence-electron chi connectivity index (χ4n) is 3.21. The molecule has 2 aromatic rings. The Balaban J connectivity index is 2.08. The van der Waals surface area contributed by atoms with Crippen LogP contribution in [0.5, 0.6) is 23.0 Å². The van der Waals surface area contributed by atoms with Crippen LogP contribution >= 0.6 is 0 Å². The van der Waals surface area contributed by atoms with Crippen LogP contribution in [-0.2, 0) is 6.42 Å². The minimum Gasteiger partial charge on any atom is -0.496 e. The van der Waals surface area contributed by atoms with Gasteiger partial charge in [-0.05, 0) is 35.7 Å². The van der Waals surface area contributed by atoms with Crippen LogP contribution in [0.3, 0.4) is 0 Å². The van der Waals surface area contributed by atoms with Gasteiger partial charge in [0.25, 0.3) is 0 Å². The second-order valence-corrected chi connectivity index (χ2v) is 5.25. The maximum absolute atomic E-state index is 5.60. The molecule has 0 radical (unpaired) electrons. The number of ether oxygens (including phenoxy) is 4. The zero-order valence-electron chi connectivity index (χ0n) is 13.3. The SMILES string of the molecule is COc1ccc(C2Cc3ccc(OC)c2c3OC)cc1OC. The molecule has 3 rings (SSSR count). The van der Waals surface area contributed by atoms with Crippen molar-refractivity contribution in [2.24, 2.45) is 0 Å². The second kappa shape index (κ2) is 5.79. The summed E-state index contributed by atoms with van der Waals surface area (Å²) >= 11 is 0. The average molecular weight is 300 g/mol. The lowest BCUT2D eigenvalue weighted by Gasteiger charge is -2.16. The minimum absolute atomic E-state index is 0.203. The van der Waals surface area contributed by atoms with E-state index in [1.165, 1.54) is 5.56 Å². The van der Waals surface area contributed by atoms with Crippen LogP contribution in [0, 0.1) is 0 Å². The number of hydrogen-bond acceptors (Lipinski definition) is 4. The van der Waals surface area contributed by atoms with Crippen molar-refractivity contribution < 1.29 is 18.9 Å². The van der Waals surface area contributed by atoms with Crippen molar-refractivity contribution in [3.63, 3.8) is 0 Å². The van der Waals surface area contributed by atoms with Gasteiger partial charge < -0.3 is 18.9 Å². The molecule has 1 aliphatic carbocycles. The van der Waals surface area contributed by atoms with Crippen LogP contribution in [0.4, 0.5) is 0 Å². The van der Waals surface area contributed by atoms with Crippen LogP contribution in [0.15, 0.2) is 30.3 Å². The fraction of sp³-hybridized carbons (Fsp3) is 0.333. The van der Waals surface area contributed by atoms with Crippen molar-refractivity contribution in [2.75, 3.05) is 28.4 Å². The van der Waals surface area contributed by atoms with Gasteiger partial charge in [-0.15, -0.1) is 0 Å². The van der Waals surface area contributed by atoms with E-state index in [0.29, 0.717) is 0 Å². The molecular weight excluding hydrogens is 280 g/mol. The Labute approximate surface area is 130 Å². The largest absolute Gasteiger partial charge is 0.496 e. The summed E-state index contributed by atoms with van der Waals surface area (Å²) in [5, 5.41) is 0. The zero-order chi connectivity index (χ0) is 15.7. The third-order valence-corrected chi connectivity index (χ3v) is 4.24. The summed E-state index contributed by atoms with van der Waals surface area (Å²) in [6, 6.07) is 10.1. The van der Waals surface area contributed by atoms with Gasteiger partial charge in [-0.1, -0.05) is 12.1 Å². The number of hydrogen-bond donors (Lipinski definition) is 0. The van der Waals surface area contributed by atoms with E-state index in [2.05, 4.69) is 12.1 Å². The summed E-state index contributed by atoms with van der Waals surface area (Å²) in [7, 11) is 6.69. The lowest BCUT2D eigenvalue weighted by Crippen LogP contribution is -2.02. The van der Waals surface area contributed by atoms with Gasteiger partial charge in [-0.3, -0.25) is 0 Å². The van der Waals surface area contributed by atoms with E-state index in [-0.39, 0.29) is 5.92 Å². The quantitative estimate of drug-likeness (QED) is 0.848. The van der Waals surface area contributed by atoms with E-state index < -0.39 is 0 Å². The van der Waals surface area contributed by atoms with Gasteiger partial charge in [0.1, 0.15) is 11.5 Å². The molecule has 0 heterocycles. The van der Waals surface area contributed by atoms with Gasteiger partial charge in [0.05, 0.1) is 28.4 Å². The van der Waals surface area contributed by atoms with E-state index in [1.807, 2.05) is 18.2 Å². The Hall–Kier alpha value is -2.36. The monoisotopic (exact) mass is 300 g/mol. The van der Waals surface area contributed by atoms with Gasteiger partial charge in [-0.2, -0.15) is 0 Å². The molecule has 0 aromatic heterocycles. The molecule has 116 valence electrons. The second-order valence-electron chi connectivity index (χ2n) is 5.25. The van der Waals surface area contributed by atoms with Crippen LogP contribution < -0.4 is 18.9 Å². The molecule has 1 unspecified atom stereocenters. The number of rotatable bonds is 5. The molecule has 0 saturated heterocycles. The molecule has 0 saturated carbocycles. The summed E-state index contributed by atoms with van der Waals surface area (Å²) < 4.78 is 21.9. The molecule has 0 N–H and O–H groups in total. The van der Waals surface area contributed by atoms with E-state index >= 15 is 0 Å². The third kappa shape index (κ3) is 2.15. The molecule has 0 aliphatic heterocycles.